The summed E-state index contributed by atoms with van der Waals surface area (Å²) in [6, 6.07) is 15.6. The Morgan fingerprint density at radius 1 is 1.19 bits per heavy atom. The van der Waals surface area contributed by atoms with E-state index >= 15 is 0 Å². The summed E-state index contributed by atoms with van der Waals surface area (Å²) in [4.78, 5) is 23.5. The number of pyridine rings is 2. The largest absolute Gasteiger partial charge is 0.382 e. The van der Waals surface area contributed by atoms with Crippen LogP contribution in [0, 0.1) is 6.92 Å². The Kier molecular flexibility index (Phi) is 4.70. The summed E-state index contributed by atoms with van der Waals surface area (Å²) in [5.74, 6) is 0.646. The van der Waals surface area contributed by atoms with Gasteiger partial charge in [0.05, 0.1) is 23.3 Å². The van der Waals surface area contributed by atoms with Gasteiger partial charge in [-0.3, -0.25) is 9.88 Å². The third-order valence-corrected chi connectivity index (χ3v) is 4.48. The fourth-order valence-electron chi connectivity index (χ4n) is 3.15. The van der Waals surface area contributed by atoms with Gasteiger partial charge in [0.25, 0.3) is 0 Å². The quantitative estimate of drug-likeness (QED) is 0.715. The van der Waals surface area contributed by atoms with Crippen molar-refractivity contribution in [3.05, 3.63) is 66.5 Å². The molecule has 3 aromatic rings. The molecule has 0 saturated carbocycles. The molecule has 0 aliphatic carbocycles. The van der Waals surface area contributed by atoms with Gasteiger partial charge in [0.15, 0.2) is 5.82 Å². The van der Waals surface area contributed by atoms with E-state index < -0.39 is 0 Å². The lowest BCUT2D eigenvalue weighted by molar-refractivity contribution is 0.257. The highest BCUT2D eigenvalue weighted by Crippen LogP contribution is 2.30. The molecule has 0 spiro atoms. The minimum atomic E-state index is -0.207. The molecule has 6 heteroatoms. The number of benzene rings is 1. The number of hydrogen-bond donors (Lipinski definition) is 2. The Hall–Kier alpha value is -3.41. The molecular weight excluding hydrogens is 338 g/mol. The Bertz CT molecular complexity index is 958. The summed E-state index contributed by atoms with van der Waals surface area (Å²) in [6.45, 7) is 3.45. The van der Waals surface area contributed by atoms with Crippen molar-refractivity contribution in [3.63, 3.8) is 0 Å². The van der Waals surface area contributed by atoms with Crippen molar-refractivity contribution in [2.45, 2.75) is 13.3 Å². The van der Waals surface area contributed by atoms with E-state index in [1.54, 1.807) is 23.4 Å². The first-order chi connectivity index (χ1) is 13.2. The lowest BCUT2D eigenvalue weighted by Gasteiger charge is -2.22. The van der Waals surface area contributed by atoms with Gasteiger partial charge in [-0.15, -0.1) is 0 Å². The van der Waals surface area contributed by atoms with Crippen LogP contribution in [0.2, 0.25) is 0 Å². The van der Waals surface area contributed by atoms with Gasteiger partial charge in [-0.05, 0) is 43.7 Å². The number of carbonyl (C=O) groups is 1. The molecule has 4 rings (SSSR count). The second-order valence-electron chi connectivity index (χ2n) is 6.54. The summed E-state index contributed by atoms with van der Waals surface area (Å²) < 4.78 is 0. The molecule has 0 radical (unpaired) electrons. The highest BCUT2D eigenvalue weighted by atomic mass is 16.2. The number of hydrogen-bond acceptors (Lipinski definition) is 4. The van der Waals surface area contributed by atoms with Gasteiger partial charge >= 0.3 is 6.03 Å². The number of urea groups is 1. The van der Waals surface area contributed by atoms with E-state index in [9.17, 15) is 4.79 Å². The van der Waals surface area contributed by atoms with Crippen LogP contribution in [0.25, 0.3) is 11.3 Å². The number of amides is 2. The first-order valence-electron chi connectivity index (χ1n) is 9.01. The van der Waals surface area contributed by atoms with Crippen molar-refractivity contribution in [2.75, 3.05) is 28.6 Å². The molecule has 0 saturated heterocycles. The molecule has 3 heterocycles. The van der Waals surface area contributed by atoms with Crippen LogP contribution >= 0.6 is 0 Å². The summed E-state index contributed by atoms with van der Waals surface area (Å²) in [5, 5.41) is 6.27. The smallest absolute Gasteiger partial charge is 0.327 e. The lowest BCUT2D eigenvalue weighted by Crippen LogP contribution is -2.36. The molecule has 136 valence electrons. The molecule has 2 N–H and O–H groups in total. The molecule has 1 aromatic carbocycles. The van der Waals surface area contributed by atoms with Gasteiger partial charge < -0.3 is 10.6 Å². The molecule has 1 aliphatic heterocycles. The van der Waals surface area contributed by atoms with Crippen LogP contribution in [0.3, 0.4) is 0 Å². The zero-order chi connectivity index (χ0) is 18.6. The monoisotopic (exact) mass is 359 g/mol. The highest BCUT2D eigenvalue weighted by molar-refractivity contribution is 6.03. The number of rotatable bonds is 2. The van der Waals surface area contributed by atoms with Crippen LogP contribution in [-0.2, 0) is 0 Å². The fourth-order valence-corrected chi connectivity index (χ4v) is 3.15. The molecule has 6 nitrogen and oxygen atoms in total. The predicted octanol–water partition coefficient (Wildman–Crippen LogP) is 4.31. The highest BCUT2D eigenvalue weighted by Gasteiger charge is 2.23. The van der Waals surface area contributed by atoms with E-state index in [0.717, 1.165) is 29.9 Å². The average molecular weight is 359 g/mol. The third-order valence-electron chi connectivity index (χ3n) is 4.48. The summed E-state index contributed by atoms with van der Waals surface area (Å²) in [5.41, 5.74) is 4.59. The van der Waals surface area contributed by atoms with Crippen molar-refractivity contribution in [1.29, 1.82) is 0 Å². The van der Waals surface area contributed by atoms with Gasteiger partial charge in [0.1, 0.15) is 0 Å². The summed E-state index contributed by atoms with van der Waals surface area (Å²) in [7, 11) is 0. The molecule has 0 unspecified atom stereocenters. The van der Waals surface area contributed by atoms with E-state index in [0.29, 0.717) is 18.1 Å². The summed E-state index contributed by atoms with van der Waals surface area (Å²) >= 11 is 0. The Morgan fingerprint density at radius 2 is 2.11 bits per heavy atom. The average Bonchev–Trinajstić information content (AvgIpc) is 2.90. The van der Waals surface area contributed by atoms with Crippen LogP contribution in [-0.4, -0.2) is 29.1 Å². The second-order valence-corrected chi connectivity index (χ2v) is 6.54. The van der Waals surface area contributed by atoms with Crippen LogP contribution < -0.4 is 15.5 Å². The number of fused-ring (bicyclic) bond motifs is 1. The molecule has 1 aliphatic rings. The number of nitrogens with zero attached hydrogens (tertiary/aromatic N) is 3. The molecular formula is C21H21N5O. The minimum absolute atomic E-state index is 0.207. The van der Waals surface area contributed by atoms with Crippen molar-refractivity contribution in [1.82, 2.24) is 9.97 Å². The Labute approximate surface area is 158 Å². The molecule has 2 aromatic heterocycles. The second kappa shape index (κ2) is 7.45. The predicted molar refractivity (Wildman–Crippen MR) is 108 cm³/mol. The van der Waals surface area contributed by atoms with E-state index in [2.05, 4.69) is 34.7 Å². The first-order valence-corrected chi connectivity index (χ1v) is 9.01. The van der Waals surface area contributed by atoms with Gasteiger partial charge in [0, 0.05) is 24.8 Å². The lowest BCUT2D eigenvalue weighted by atomic mass is 10.1. The number of carbonyl (C=O) groups excluding carboxylic acids is 1. The Balaban J connectivity index is 1.69. The maximum Gasteiger partial charge on any atom is 0.327 e. The first kappa shape index (κ1) is 17.0. The van der Waals surface area contributed by atoms with Crippen LogP contribution in [0.5, 0.6) is 0 Å². The van der Waals surface area contributed by atoms with Gasteiger partial charge in [-0.2, -0.15) is 0 Å². The standard InChI is InChI=1S/C21H21N5O/c1-15-5-2-6-16(13-15)18-8-9-19-20(25-18)26(12-4-11-23-19)21(27)24-17-7-3-10-22-14-17/h2-3,5-10,13-14,23H,4,11-12H2,1H3,(H,24,27). The van der Waals surface area contributed by atoms with Gasteiger partial charge in [0.2, 0.25) is 0 Å². The SMILES string of the molecule is Cc1cccc(-c2ccc3c(n2)N(C(=O)Nc2cccnc2)CCCN3)c1. The zero-order valence-electron chi connectivity index (χ0n) is 15.1. The van der Waals surface area contributed by atoms with Gasteiger partial charge in [-0.25, -0.2) is 9.78 Å². The topological polar surface area (TPSA) is 70.2 Å². The van der Waals surface area contributed by atoms with E-state index in [1.807, 2.05) is 30.3 Å². The number of anilines is 3. The fraction of sp³-hybridized carbons (Fsp3) is 0.190. The zero-order valence-corrected chi connectivity index (χ0v) is 15.1. The molecule has 2 amide bonds. The Morgan fingerprint density at radius 3 is 2.93 bits per heavy atom. The number of aryl methyl sites for hydroxylation is 1. The molecule has 27 heavy (non-hydrogen) atoms. The van der Waals surface area contributed by atoms with Crippen molar-refractivity contribution >= 4 is 23.2 Å². The van der Waals surface area contributed by atoms with Crippen LogP contribution in [0.15, 0.2) is 60.9 Å². The maximum absolute atomic E-state index is 12.9. The number of nitrogens with one attached hydrogen (secondary N) is 2. The van der Waals surface area contributed by atoms with E-state index in [-0.39, 0.29) is 6.03 Å². The summed E-state index contributed by atoms with van der Waals surface area (Å²) in [6.07, 6.45) is 4.15. The van der Waals surface area contributed by atoms with Gasteiger partial charge in [-0.1, -0.05) is 23.8 Å². The molecule has 0 fully saturated rings. The van der Waals surface area contributed by atoms with Crippen molar-refractivity contribution in [3.8, 4) is 11.3 Å². The normalized spacial score (nSPS) is 13.3. The van der Waals surface area contributed by atoms with Crippen LogP contribution in [0.4, 0.5) is 22.0 Å². The van der Waals surface area contributed by atoms with Crippen molar-refractivity contribution in [2.24, 2.45) is 0 Å². The molecule has 0 atom stereocenters. The van der Waals surface area contributed by atoms with Crippen molar-refractivity contribution < 1.29 is 4.79 Å². The third kappa shape index (κ3) is 3.74. The van der Waals surface area contributed by atoms with E-state index in [4.69, 9.17) is 4.98 Å². The van der Waals surface area contributed by atoms with E-state index in [1.165, 1.54) is 5.56 Å². The van der Waals surface area contributed by atoms with Crippen LogP contribution in [0.1, 0.15) is 12.0 Å². The minimum Gasteiger partial charge on any atom is -0.382 e. The maximum atomic E-state index is 12.9. The molecule has 0 bridgehead atoms. The number of aromatic nitrogens is 2.